The molecule has 0 unspecified atom stereocenters. The maximum Gasteiger partial charge on any atom is 0.225 e. The molecule has 0 spiro atoms. The van der Waals surface area contributed by atoms with Crippen molar-refractivity contribution in [2.45, 2.75) is 39.7 Å². The van der Waals surface area contributed by atoms with E-state index < -0.39 is 5.91 Å². The highest BCUT2D eigenvalue weighted by atomic mass is 32.1. The summed E-state index contributed by atoms with van der Waals surface area (Å²) in [7, 11) is 0. The zero-order valence-electron chi connectivity index (χ0n) is 11.3. The monoisotopic (exact) mass is 280 g/mol. The summed E-state index contributed by atoms with van der Waals surface area (Å²) in [4.78, 5) is 15.4. The molecule has 0 aromatic carbocycles. The second kappa shape index (κ2) is 4.69. The van der Waals surface area contributed by atoms with E-state index >= 15 is 0 Å². The number of primary amides is 1. The van der Waals surface area contributed by atoms with Crippen molar-refractivity contribution in [3.63, 3.8) is 0 Å². The van der Waals surface area contributed by atoms with Crippen LogP contribution in [0.4, 0.5) is 0 Å². The number of aryl methyl sites for hydroxylation is 1. The molecule has 0 fully saturated rings. The van der Waals surface area contributed by atoms with Crippen LogP contribution in [-0.4, -0.2) is 29.4 Å². The van der Waals surface area contributed by atoms with Crippen LogP contribution >= 0.6 is 11.7 Å². The number of hydrogen-bond donors (Lipinski definition) is 1. The van der Waals surface area contributed by atoms with Crippen molar-refractivity contribution in [2.75, 3.05) is 0 Å². The average Bonchev–Trinajstić information content (AvgIpc) is 2.82. The van der Waals surface area contributed by atoms with Gasteiger partial charge in [0, 0.05) is 0 Å². The number of rotatable bonds is 3. The highest BCUT2D eigenvalue weighted by Gasteiger charge is 2.25. The smallest absolute Gasteiger partial charge is 0.225 e. The molecule has 2 rings (SSSR count). The lowest BCUT2D eigenvalue weighted by molar-refractivity contribution is -0.117. The molecule has 2 N–H and O–H groups in total. The second-order valence-electron chi connectivity index (χ2n) is 5.28. The number of amides is 1. The third-order valence-corrected chi connectivity index (χ3v) is 3.10. The Kier molecular flexibility index (Phi) is 3.36. The van der Waals surface area contributed by atoms with Gasteiger partial charge in [-0.1, -0.05) is 0 Å². The minimum Gasteiger partial charge on any atom is -0.369 e. The third kappa shape index (κ3) is 2.78. The van der Waals surface area contributed by atoms with Gasteiger partial charge in [0.05, 0.1) is 29.4 Å². The van der Waals surface area contributed by atoms with E-state index in [1.54, 1.807) is 4.68 Å². The van der Waals surface area contributed by atoms with Crippen molar-refractivity contribution in [2.24, 2.45) is 5.73 Å². The summed E-state index contributed by atoms with van der Waals surface area (Å²) < 4.78 is 10.1. The highest BCUT2D eigenvalue weighted by molar-refractivity contribution is 6.99. The first-order chi connectivity index (χ1) is 8.79. The summed E-state index contributed by atoms with van der Waals surface area (Å²) in [6.45, 7) is 7.89. The van der Waals surface area contributed by atoms with Gasteiger partial charge in [0.15, 0.2) is 11.6 Å². The minimum absolute atomic E-state index is 0.0205. The predicted octanol–water partition coefficient (Wildman–Crippen LogP) is 0.888. The van der Waals surface area contributed by atoms with Gasteiger partial charge in [0.2, 0.25) is 5.91 Å². The SMILES string of the molecule is Cc1nsnc1-c1nc(CC(N)=O)nn1C(C)(C)C. The Balaban J connectivity index is 2.55. The molecule has 102 valence electrons. The van der Waals surface area contributed by atoms with E-state index in [-0.39, 0.29) is 12.0 Å². The fourth-order valence-corrected chi connectivity index (χ4v) is 2.19. The second-order valence-corrected chi connectivity index (χ2v) is 5.80. The average molecular weight is 280 g/mol. The fourth-order valence-electron chi connectivity index (χ4n) is 1.64. The van der Waals surface area contributed by atoms with Crippen LogP contribution in [0.5, 0.6) is 0 Å². The molecule has 1 amide bonds. The molecule has 2 heterocycles. The summed E-state index contributed by atoms with van der Waals surface area (Å²) in [6, 6.07) is 0. The summed E-state index contributed by atoms with van der Waals surface area (Å²) in [5.41, 5.74) is 6.41. The van der Waals surface area contributed by atoms with E-state index in [0.717, 1.165) is 17.4 Å². The Morgan fingerprint density at radius 2 is 2.05 bits per heavy atom. The molecular weight excluding hydrogens is 264 g/mol. The quantitative estimate of drug-likeness (QED) is 0.900. The minimum atomic E-state index is -0.453. The van der Waals surface area contributed by atoms with Crippen molar-refractivity contribution >= 4 is 17.6 Å². The Hall–Kier alpha value is -1.83. The van der Waals surface area contributed by atoms with Crippen LogP contribution in [0.25, 0.3) is 11.5 Å². The van der Waals surface area contributed by atoms with E-state index in [2.05, 4.69) is 18.8 Å². The summed E-state index contributed by atoms with van der Waals surface area (Å²) in [6.07, 6.45) is 0.0205. The largest absolute Gasteiger partial charge is 0.369 e. The lowest BCUT2D eigenvalue weighted by atomic mass is 10.1. The van der Waals surface area contributed by atoms with Crippen LogP contribution < -0.4 is 5.73 Å². The summed E-state index contributed by atoms with van der Waals surface area (Å²) in [5.74, 6) is 0.575. The zero-order chi connectivity index (χ0) is 14.2. The maximum absolute atomic E-state index is 11.0. The molecule has 0 radical (unpaired) electrons. The van der Waals surface area contributed by atoms with Crippen LogP contribution in [0.1, 0.15) is 32.3 Å². The third-order valence-electron chi connectivity index (χ3n) is 2.48. The number of carbonyl (C=O) groups is 1. The van der Waals surface area contributed by atoms with Gasteiger partial charge in [0.1, 0.15) is 5.69 Å². The van der Waals surface area contributed by atoms with E-state index in [9.17, 15) is 4.79 Å². The number of carbonyl (C=O) groups excluding carboxylic acids is 1. The number of nitrogens with zero attached hydrogens (tertiary/aromatic N) is 5. The molecule has 0 atom stereocenters. The standard InChI is InChI=1S/C11H16N6OS/c1-6-9(16-19-15-6)10-13-8(5-7(12)18)14-17(10)11(2,3)4/h5H2,1-4H3,(H2,12,18). The van der Waals surface area contributed by atoms with Crippen LogP contribution in [-0.2, 0) is 16.8 Å². The van der Waals surface area contributed by atoms with E-state index in [4.69, 9.17) is 5.73 Å². The van der Waals surface area contributed by atoms with Gasteiger partial charge >= 0.3 is 0 Å². The van der Waals surface area contributed by atoms with E-state index in [1.807, 2.05) is 27.7 Å². The van der Waals surface area contributed by atoms with Crippen molar-refractivity contribution in [1.29, 1.82) is 0 Å². The Labute approximate surface area is 115 Å². The molecule has 8 heteroatoms. The molecule has 19 heavy (non-hydrogen) atoms. The predicted molar refractivity (Wildman–Crippen MR) is 71.6 cm³/mol. The van der Waals surface area contributed by atoms with Crippen LogP contribution in [0.15, 0.2) is 0 Å². The molecule has 0 saturated carbocycles. The Morgan fingerprint density at radius 3 is 2.53 bits per heavy atom. The van der Waals surface area contributed by atoms with Gasteiger partial charge in [-0.05, 0) is 27.7 Å². The van der Waals surface area contributed by atoms with E-state index in [1.165, 1.54) is 0 Å². The van der Waals surface area contributed by atoms with Crippen molar-refractivity contribution in [3.05, 3.63) is 11.5 Å². The molecule has 7 nitrogen and oxygen atoms in total. The van der Waals surface area contributed by atoms with Crippen molar-refractivity contribution in [1.82, 2.24) is 23.5 Å². The molecule has 0 aliphatic heterocycles. The highest BCUT2D eigenvalue weighted by Crippen LogP contribution is 2.25. The number of aromatic nitrogens is 5. The summed E-state index contributed by atoms with van der Waals surface area (Å²) >= 11 is 1.13. The van der Waals surface area contributed by atoms with Gasteiger partial charge in [-0.25, -0.2) is 9.67 Å². The molecule has 2 aromatic heterocycles. The first-order valence-corrected chi connectivity index (χ1v) is 6.56. The van der Waals surface area contributed by atoms with Crippen molar-refractivity contribution in [3.8, 4) is 11.5 Å². The Morgan fingerprint density at radius 1 is 1.37 bits per heavy atom. The van der Waals surface area contributed by atoms with Crippen molar-refractivity contribution < 1.29 is 4.79 Å². The first-order valence-electron chi connectivity index (χ1n) is 5.83. The van der Waals surface area contributed by atoms with Crippen LogP contribution in [0, 0.1) is 6.92 Å². The number of nitrogens with two attached hydrogens (primary N) is 1. The van der Waals surface area contributed by atoms with E-state index in [0.29, 0.717) is 17.3 Å². The lowest BCUT2D eigenvalue weighted by Gasteiger charge is -2.20. The first kappa shape index (κ1) is 13.6. The molecule has 0 aliphatic rings. The van der Waals surface area contributed by atoms with Gasteiger partial charge < -0.3 is 5.73 Å². The maximum atomic E-state index is 11.0. The molecule has 0 saturated heterocycles. The number of hydrogen-bond acceptors (Lipinski definition) is 6. The summed E-state index contributed by atoms with van der Waals surface area (Å²) in [5, 5.41) is 4.36. The Bertz CT molecular complexity index is 609. The van der Waals surface area contributed by atoms with Gasteiger partial charge in [-0.3, -0.25) is 4.79 Å². The molecule has 0 aliphatic carbocycles. The van der Waals surface area contributed by atoms with Crippen LogP contribution in [0.2, 0.25) is 0 Å². The molecule has 0 bridgehead atoms. The van der Waals surface area contributed by atoms with Crippen LogP contribution in [0.3, 0.4) is 0 Å². The van der Waals surface area contributed by atoms with Gasteiger partial charge in [-0.15, -0.1) is 0 Å². The topological polar surface area (TPSA) is 99.6 Å². The molecular formula is C11H16N6OS. The van der Waals surface area contributed by atoms with Gasteiger partial charge in [-0.2, -0.15) is 13.8 Å². The zero-order valence-corrected chi connectivity index (χ0v) is 12.2. The fraction of sp³-hybridized carbons (Fsp3) is 0.545. The van der Waals surface area contributed by atoms with Gasteiger partial charge in [0.25, 0.3) is 0 Å². The normalized spacial score (nSPS) is 11.8. The molecule has 2 aromatic rings. The lowest BCUT2D eigenvalue weighted by Crippen LogP contribution is -2.25.